The Hall–Kier alpha value is -0.610. The Morgan fingerprint density at radius 2 is 2.60 bits per heavy atom. The van der Waals surface area contributed by atoms with Crippen LogP contribution in [0.3, 0.4) is 0 Å². The predicted octanol–water partition coefficient (Wildman–Crippen LogP) is -0.896. The van der Waals surface area contributed by atoms with Crippen LogP contribution in [0.2, 0.25) is 0 Å². The first-order valence-electron chi connectivity index (χ1n) is 3.46. The first kappa shape index (κ1) is 7.50. The van der Waals surface area contributed by atoms with Crippen molar-refractivity contribution in [2.75, 3.05) is 13.2 Å². The van der Waals surface area contributed by atoms with E-state index in [2.05, 4.69) is 5.43 Å². The van der Waals surface area contributed by atoms with Crippen LogP contribution in [0.4, 0.5) is 0 Å². The number of rotatable bonds is 3. The third-order valence-electron chi connectivity index (χ3n) is 1.81. The normalized spacial score (nSPS) is 26.7. The minimum Gasteiger partial charge on any atom is -0.395 e. The number of aliphatic hydroxyl groups is 1. The van der Waals surface area contributed by atoms with Gasteiger partial charge in [0.25, 0.3) is 0 Å². The molecule has 0 aliphatic carbocycles. The Kier molecular flexibility index (Phi) is 2.65. The van der Waals surface area contributed by atoms with E-state index in [1.807, 2.05) is 0 Å². The van der Waals surface area contributed by atoms with Gasteiger partial charge >= 0.3 is 0 Å². The van der Waals surface area contributed by atoms with E-state index in [0.29, 0.717) is 6.41 Å². The van der Waals surface area contributed by atoms with Crippen LogP contribution >= 0.6 is 0 Å². The minimum absolute atomic E-state index is 0.126. The number of hydrazine groups is 1. The summed E-state index contributed by atoms with van der Waals surface area (Å²) in [7, 11) is 0. The smallest absolute Gasteiger partial charge is 0.221 e. The van der Waals surface area contributed by atoms with Gasteiger partial charge in [-0.25, -0.2) is 5.01 Å². The average Bonchev–Trinajstić information content (AvgIpc) is 2.36. The Bertz CT molecular complexity index is 118. The van der Waals surface area contributed by atoms with Gasteiger partial charge in [0.15, 0.2) is 0 Å². The van der Waals surface area contributed by atoms with Crippen LogP contribution in [0.5, 0.6) is 0 Å². The number of amides is 1. The van der Waals surface area contributed by atoms with E-state index >= 15 is 0 Å². The Morgan fingerprint density at radius 3 is 3.20 bits per heavy atom. The number of hydrogen-bond acceptors (Lipinski definition) is 3. The lowest BCUT2D eigenvalue weighted by Gasteiger charge is -2.20. The lowest BCUT2D eigenvalue weighted by atomic mass is 10.2. The van der Waals surface area contributed by atoms with E-state index in [0.717, 1.165) is 19.4 Å². The van der Waals surface area contributed by atoms with E-state index in [1.54, 1.807) is 5.01 Å². The molecule has 58 valence electrons. The van der Waals surface area contributed by atoms with Crippen LogP contribution in [0.15, 0.2) is 0 Å². The summed E-state index contributed by atoms with van der Waals surface area (Å²) in [5, 5.41) is 10.5. The molecule has 0 aromatic carbocycles. The van der Waals surface area contributed by atoms with Crippen molar-refractivity contribution in [2.24, 2.45) is 0 Å². The summed E-state index contributed by atoms with van der Waals surface area (Å²) in [5.41, 5.74) is 2.54. The predicted molar refractivity (Wildman–Crippen MR) is 36.0 cm³/mol. The van der Waals surface area contributed by atoms with Crippen molar-refractivity contribution in [1.82, 2.24) is 10.4 Å². The molecule has 0 radical (unpaired) electrons. The molecule has 1 aliphatic heterocycles. The van der Waals surface area contributed by atoms with Crippen LogP contribution in [0, 0.1) is 0 Å². The maximum atomic E-state index is 9.99. The molecule has 4 nitrogen and oxygen atoms in total. The van der Waals surface area contributed by atoms with Crippen LogP contribution in [-0.2, 0) is 4.79 Å². The molecular formula is C6H12N2O2. The minimum atomic E-state index is 0.126. The third kappa shape index (κ3) is 1.46. The molecule has 0 unspecified atom stereocenters. The van der Waals surface area contributed by atoms with Gasteiger partial charge in [-0.1, -0.05) is 0 Å². The highest BCUT2D eigenvalue weighted by Gasteiger charge is 2.22. The molecule has 1 fully saturated rings. The molecule has 0 aromatic heterocycles. The number of carbonyl (C=O) groups excluding carboxylic acids is 1. The number of carbonyl (C=O) groups is 1. The summed E-state index contributed by atoms with van der Waals surface area (Å²) in [5.74, 6) is 0. The fraction of sp³-hybridized carbons (Fsp3) is 0.833. The van der Waals surface area contributed by atoms with E-state index in [4.69, 9.17) is 5.11 Å². The summed E-state index contributed by atoms with van der Waals surface area (Å²) in [6.45, 7) is 0.977. The lowest BCUT2D eigenvalue weighted by molar-refractivity contribution is -0.114. The maximum Gasteiger partial charge on any atom is 0.221 e. The molecule has 4 heteroatoms. The highest BCUT2D eigenvalue weighted by Crippen LogP contribution is 2.12. The molecule has 0 saturated carbocycles. The van der Waals surface area contributed by atoms with Gasteiger partial charge in [-0.05, 0) is 12.8 Å². The maximum absolute atomic E-state index is 9.99. The fourth-order valence-corrected chi connectivity index (χ4v) is 1.26. The van der Waals surface area contributed by atoms with E-state index < -0.39 is 0 Å². The molecule has 1 heterocycles. The molecule has 1 atom stereocenters. The first-order chi connectivity index (χ1) is 4.88. The van der Waals surface area contributed by atoms with Gasteiger partial charge in [-0.2, -0.15) is 0 Å². The van der Waals surface area contributed by atoms with Gasteiger partial charge < -0.3 is 5.11 Å². The van der Waals surface area contributed by atoms with E-state index in [-0.39, 0.29) is 12.6 Å². The van der Waals surface area contributed by atoms with E-state index in [1.165, 1.54) is 0 Å². The molecule has 0 aromatic rings. The molecule has 0 spiro atoms. The summed E-state index contributed by atoms with van der Waals surface area (Å²) in [6.07, 6.45) is 2.66. The quantitative estimate of drug-likeness (QED) is 0.505. The Balaban J connectivity index is 2.34. The van der Waals surface area contributed by atoms with Crippen LogP contribution < -0.4 is 5.43 Å². The summed E-state index contributed by atoms with van der Waals surface area (Å²) >= 11 is 0. The zero-order valence-electron chi connectivity index (χ0n) is 5.79. The second-order valence-corrected chi connectivity index (χ2v) is 2.42. The highest BCUT2D eigenvalue weighted by atomic mass is 16.3. The highest BCUT2D eigenvalue weighted by molar-refractivity contribution is 5.45. The number of aliphatic hydroxyl groups excluding tert-OH is 1. The zero-order chi connectivity index (χ0) is 7.40. The zero-order valence-corrected chi connectivity index (χ0v) is 5.79. The molecule has 1 saturated heterocycles. The molecule has 0 bridgehead atoms. The van der Waals surface area contributed by atoms with Crippen LogP contribution in [0.25, 0.3) is 0 Å². The van der Waals surface area contributed by atoms with E-state index in [9.17, 15) is 4.79 Å². The molecule has 1 rings (SSSR count). The van der Waals surface area contributed by atoms with Crippen molar-refractivity contribution in [3.8, 4) is 0 Å². The van der Waals surface area contributed by atoms with Crippen LogP contribution in [0.1, 0.15) is 12.8 Å². The molecule has 1 amide bonds. The fourth-order valence-electron chi connectivity index (χ4n) is 1.26. The number of nitrogens with one attached hydrogen (secondary N) is 1. The van der Waals surface area contributed by atoms with Gasteiger partial charge in [0.05, 0.1) is 12.6 Å². The van der Waals surface area contributed by atoms with Crippen molar-refractivity contribution in [3.05, 3.63) is 0 Å². The van der Waals surface area contributed by atoms with Crippen molar-refractivity contribution in [2.45, 2.75) is 18.9 Å². The SMILES string of the molecule is O=CNN1CCC[C@H]1CO. The molecular weight excluding hydrogens is 132 g/mol. The first-order valence-corrected chi connectivity index (χ1v) is 3.46. The lowest BCUT2D eigenvalue weighted by Crippen LogP contribution is -2.42. The molecule has 1 aliphatic rings. The summed E-state index contributed by atoms with van der Waals surface area (Å²) < 4.78 is 0. The van der Waals surface area contributed by atoms with Crippen LogP contribution in [-0.4, -0.2) is 35.7 Å². The summed E-state index contributed by atoms with van der Waals surface area (Å²) in [4.78, 5) is 9.99. The van der Waals surface area contributed by atoms with Crippen molar-refractivity contribution < 1.29 is 9.90 Å². The third-order valence-corrected chi connectivity index (χ3v) is 1.81. The Morgan fingerprint density at radius 1 is 1.80 bits per heavy atom. The number of nitrogens with zero attached hydrogens (tertiary/aromatic N) is 1. The topological polar surface area (TPSA) is 52.6 Å². The Labute approximate surface area is 59.8 Å². The second kappa shape index (κ2) is 3.53. The number of hydrogen-bond donors (Lipinski definition) is 2. The monoisotopic (exact) mass is 144 g/mol. The molecule has 2 N–H and O–H groups in total. The van der Waals surface area contributed by atoms with Gasteiger partial charge in [0, 0.05) is 6.54 Å². The summed E-state index contributed by atoms with van der Waals surface area (Å²) in [6, 6.07) is 0.130. The van der Waals surface area contributed by atoms with Crippen molar-refractivity contribution in [1.29, 1.82) is 0 Å². The standard InChI is InChI=1S/C6H12N2O2/c9-4-6-2-1-3-8(6)7-5-10/h5-6,9H,1-4H2,(H,7,10)/t6-/m0/s1. The van der Waals surface area contributed by atoms with Gasteiger partial charge in [-0.15, -0.1) is 0 Å². The molecule has 10 heavy (non-hydrogen) atoms. The largest absolute Gasteiger partial charge is 0.395 e. The average molecular weight is 144 g/mol. The van der Waals surface area contributed by atoms with Crippen molar-refractivity contribution >= 4 is 6.41 Å². The van der Waals surface area contributed by atoms with Gasteiger partial charge in [0.1, 0.15) is 0 Å². The van der Waals surface area contributed by atoms with Crippen molar-refractivity contribution in [3.63, 3.8) is 0 Å². The van der Waals surface area contributed by atoms with Gasteiger partial charge in [0.2, 0.25) is 6.41 Å². The van der Waals surface area contributed by atoms with Gasteiger partial charge in [-0.3, -0.25) is 10.2 Å². The second-order valence-electron chi connectivity index (χ2n) is 2.42.